The molecule has 13 heteroatoms. The highest BCUT2D eigenvalue weighted by molar-refractivity contribution is 9.10. The molecule has 3 aliphatic rings. The van der Waals surface area contributed by atoms with Gasteiger partial charge in [0.1, 0.15) is 5.75 Å². The maximum Gasteiger partial charge on any atom is 0.269 e. The zero-order chi connectivity index (χ0) is 33.8. The molecule has 48 heavy (non-hydrogen) atoms. The van der Waals surface area contributed by atoms with Crippen LogP contribution >= 0.6 is 15.9 Å². The number of benzene rings is 3. The molecule has 7 rings (SSSR count). The lowest BCUT2D eigenvalue weighted by Gasteiger charge is -2.31. The molecule has 1 aromatic heterocycles. The van der Waals surface area contributed by atoms with Crippen LogP contribution in [0.4, 0.5) is 21.2 Å². The molecule has 0 bridgehead atoms. The van der Waals surface area contributed by atoms with E-state index in [0.717, 1.165) is 21.3 Å². The van der Waals surface area contributed by atoms with Crippen molar-refractivity contribution in [3.8, 4) is 5.75 Å². The zero-order valence-corrected chi connectivity index (χ0v) is 29.6. The number of ether oxygens (including phenoxy) is 2. The fourth-order valence-corrected chi connectivity index (χ4v) is 10.6. The second kappa shape index (κ2) is 12.5. The summed E-state index contributed by atoms with van der Waals surface area (Å²) in [6, 6.07) is 20.8. The first-order chi connectivity index (χ1) is 23.0. The molecular formula is C35H37BrFN5O5Si. The number of rotatable bonds is 9. The van der Waals surface area contributed by atoms with Crippen LogP contribution in [0.2, 0.25) is 18.6 Å². The molecule has 10 nitrogen and oxygen atoms in total. The topological polar surface area (TPSA) is 110 Å². The number of carbonyl (C=O) groups is 2. The van der Waals surface area contributed by atoms with Crippen LogP contribution in [0, 0.1) is 5.92 Å². The van der Waals surface area contributed by atoms with Gasteiger partial charge in [0.2, 0.25) is 8.41 Å². The summed E-state index contributed by atoms with van der Waals surface area (Å²) >= 11 is 3.60. The van der Waals surface area contributed by atoms with Crippen LogP contribution in [-0.4, -0.2) is 59.6 Å². The van der Waals surface area contributed by atoms with Crippen molar-refractivity contribution < 1.29 is 28.3 Å². The quantitative estimate of drug-likeness (QED) is 0.165. The molecule has 250 valence electrons. The molecule has 0 aliphatic carbocycles. The normalized spacial score (nSPS) is 23.5. The lowest BCUT2D eigenvalue weighted by molar-refractivity contribution is -0.146. The molecule has 3 aliphatic heterocycles. The highest BCUT2D eigenvalue weighted by Gasteiger charge is 2.66. The third-order valence-electron chi connectivity index (χ3n) is 9.76. The Morgan fingerprint density at radius 1 is 1.08 bits per heavy atom. The minimum absolute atomic E-state index is 0.0199. The second-order valence-corrected chi connectivity index (χ2v) is 17.9. The number of aryl methyl sites for hydroxylation is 1. The van der Waals surface area contributed by atoms with E-state index in [1.54, 1.807) is 33.8 Å². The van der Waals surface area contributed by atoms with Gasteiger partial charge in [-0.15, -0.1) is 5.10 Å². The Labute approximate surface area is 287 Å². The van der Waals surface area contributed by atoms with Gasteiger partial charge >= 0.3 is 0 Å². The van der Waals surface area contributed by atoms with Crippen molar-refractivity contribution in [1.29, 1.82) is 0 Å². The Morgan fingerprint density at radius 2 is 1.85 bits per heavy atom. The minimum Gasteiger partial charge on any atom is -0.482 e. The molecule has 1 spiro atoms. The molecule has 4 atom stereocenters. The van der Waals surface area contributed by atoms with Crippen molar-refractivity contribution >= 4 is 53.2 Å². The highest BCUT2D eigenvalue weighted by atomic mass is 79.9. The first-order valence-electron chi connectivity index (χ1n) is 16.1. The Balaban J connectivity index is 1.18. The van der Waals surface area contributed by atoms with E-state index in [4.69, 9.17) is 9.47 Å². The van der Waals surface area contributed by atoms with Gasteiger partial charge in [0.05, 0.1) is 29.7 Å². The number of amides is 2. The van der Waals surface area contributed by atoms with Crippen molar-refractivity contribution in [3.05, 3.63) is 94.2 Å². The molecule has 4 aromatic rings. The van der Waals surface area contributed by atoms with Crippen LogP contribution in [0.15, 0.2) is 77.4 Å². The zero-order valence-electron chi connectivity index (χ0n) is 27.0. The van der Waals surface area contributed by atoms with Gasteiger partial charge in [-0.3, -0.25) is 19.2 Å². The number of anilines is 3. The summed E-state index contributed by atoms with van der Waals surface area (Å²) in [7, 11) is -3.33. The maximum absolute atomic E-state index is 16.2. The monoisotopic (exact) mass is 733 g/mol. The number of para-hydroxylation sites is 2. The average Bonchev–Trinajstić information content (AvgIpc) is 3.70. The molecule has 1 fully saturated rings. The van der Waals surface area contributed by atoms with E-state index in [9.17, 15) is 14.7 Å². The lowest BCUT2D eigenvalue weighted by atomic mass is 9.82. The van der Waals surface area contributed by atoms with Crippen LogP contribution in [0.5, 0.6) is 5.75 Å². The van der Waals surface area contributed by atoms with E-state index in [0.29, 0.717) is 42.2 Å². The number of nitrogens with zero attached hydrogens (tertiary/aromatic N) is 5. The molecule has 1 N–H and O–H groups in total. The van der Waals surface area contributed by atoms with Gasteiger partial charge in [0.15, 0.2) is 12.2 Å². The first-order valence-corrected chi connectivity index (χ1v) is 19.9. The van der Waals surface area contributed by atoms with Crippen molar-refractivity contribution in [2.24, 2.45) is 5.92 Å². The van der Waals surface area contributed by atoms with Crippen LogP contribution in [-0.2, 0) is 39.4 Å². The van der Waals surface area contributed by atoms with Gasteiger partial charge in [-0.25, -0.2) is 0 Å². The number of hydrogen-bond donors (Lipinski definition) is 1. The molecule has 4 heterocycles. The van der Waals surface area contributed by atoms with Crippen molar-refractivity contribution in [2.45, 2.75) is 63.2 Å². The standard InChI is InChI=1S/C35H37BrFN5O5Si/c1-22-33(48(2,3)37)31(14-16-40-20-25(15-17-43)38-39-40)47-35(22)27-18-24(36)10-13-28(27)41(34(35)45)19-23-8-11-26(12-9-23)42-29-6-4-5-7-30(29)46-21-32(42)44/h4-13,18,20,22,31,33,43H,14-17,19,21H2,1-3H3/t22-,31+,33-,35+/m1/s1. The number of fused-ring (bicyclic) bond motifs is 3. The highest BCUT2D eigenvalue weighted by Crippen LogP contribution is 2.60. The van der Waals surface area contributed by atoms with Crippen molar-refractivity contribution in [1.82, 2.24) is 15.0 Å². The third kappa shape index (κ3) is 5.56. The van der Waals surface area contributed by atoms with Gasteiger partial charge in [0.25, 0.3) is 11.8 Å². The number of hydrogen-bond acceptors (Lipinski definition) is 7. The summed E-state index contributed by atoms with van der Waals surface area (Å²) in [5.74, 6) is -0.148. The molecule has 1 saturated heterocycles. The predicted molar refractivity (Wildman–Crippen MR) is 184 cm³/mol. The van der Waals surface area contributed by atoms with Crippen LogP contribution in [0.3, 0.4) is 0 Å². The van der Waals surface area contributed by atoms with E-state index in [2.05, 4.69) is 26.2 Å². The van der Waals surface area contributed by atoms with E-state index in [-0.39, 0.29) is 31.6 Å². The summed E-state index contributed by atoms with van der Waals surface area (Å²) in [4.78, 5) is 31.0. The van der Waals surface area contributed by atoms with Gasteiger partial charge in [0, 0.05) is 53.0 Å². The maximum atomic E-state index is 16.2. The predicted octanol–water partition coefficient (Wildman–Crippen LogP) is 6.04. The third-order valence-corrected chi connectivity index (χ3v) is 12.7. The molecule has 0 unspecified atom stereocenters. The largest absolute Gasteiger partial charge is 0.482 e. The first kappa shape index (κ1) is 32.6. The van der Waals surface area contributed by atoms with Crippen LogP contribution < -0.4 is 14.5 Å². The lowest BCUT2D eigenvalue weighted by Crippen LogP contribution is -2.45. The fourth-order valence-electron chi connectivity index (χ4n) is 7.70. The Morgan fingerprint density at radius 3 is 2.60 bits per heavy atom. The summed E-state index contributed by atoms with van der Waals surface area (Å²) in [5, 5.41) is 17.5. The van der Waals surface area contributed by atoms with Crippen LogP contribution in [0.1, 0.15) is 30.2 Å². The Kier molecular flexibility index (Phi) is 8.51. The van der Waals surface area contributed by atoms with Gasteiger partial charge in [-0.1, -0.05) is 52.3 Å². The van der Waals surface area contributed by atoms with Crippen LogP contribution in [0.25, 0.3) is 0 Å². The molecular weight excluding hydrogens is 697 g/mol. The number of halogens is 2. The fraction of sp³-hybridized carbons (Fsp3) is 0.371. The van der Waals surface area contributed by atoms with Gasteiger partial charge in [-0.05, 0) is 67.5 Å². The van der Waals surface area contributed by atoms with Gasteiger partial charge in [-0.2, -0.15) is 0 Å². The number of aliphatic hydroxyl groups excluding tert-OH is 1. The molecule has 0 saturated carbocycles. The average molecular weight is 735 g/mol. The SMILES string of the molecule is C[C@@H]1[C@@H]([Si](C)(C)F)[C@H](CCn2cc(CCO)nn2)O[C@@]12C(=O)N(Cc1ccc(N3C(=O)COc4ccccc43)cc1)c1ccc(Br)cc12. The van der Waals surface area contributed by atoms with E-state index >= 15 is 4.11 Å². The Bertz CT molecular complexity index is 1870. The van der Waals surface area contributed by atoms with Gasteiger partial charge < -0.3 is 23.6 Å². The summed E-state index contributed by atoms with van der Waals surface area (Å²) < 4.78 is 31.2. The summed E-state index contributed by atoms with van der Waals surface area (Å²) in [5.41, 5.74) is 2.62. The number of aromatic nitrogens is 3. The van der Waals surface area contributed by atoms with Crippen molar-refractivity contribution in [2.75, 3.05) is 23.0 Å². The minimum atomic E-state index is -3.33. The van der Waals surface area contributed by atoms with E-state index in [1.165, 1.54) is 0 Å². The smallest absolute Gasteiger partial charge is 0.269 e. The number of aliphatic hydroxyl groups is 1. The molecule has 0 radical (unpaired) electrons. The van der Waals surface area contributed by atoms with E-state index < -0.39 is 31.6 Å². The molecule has 2 amide bonds. The summed E-state index contributed by atoms with van der Waals surface area (Å²) in [6.07, 6.45) is 2.14. The van der Waals surface area contributed by atoms with E-state index in [1.807, 2.05) is 73.7 Å². The molecule has 3 aromatic carbocycles. The summed E-state index contributed by atoms with van der Waals surface area (Å²) in [6.45, 7) is 5.99. The number of carbonyl (C=O) groups excluding carboxylic acids is 2. The van der Waals surface area contributed by atoms with Crippen molar-refractivity contribution in [3.63, 3.8) is 0 Å². The second-order valence-electron chi connectivity index (χ2n) is 13.2. The Hall–Kier alpha value is -3.91.